The molecule has 3 aliphatic rings. The molecule has 2 aromatic rings. The van der Waals surface area contributed by atoms with E-state index in [0.29, 0.717) is 11.3 Å². The zero-order valence-electron chi connectivity index (χ0n) is 26.7. The molecule has 2 aromatic carbocycles. The third-order valence-electron chi connectivity index (χ3n) is 9.28. The Balaban J connectivity index is 1.59. The van der Waals surface area contributed by atoms with Gasteiger partial charge in [-0.2, -0.15) is 0 Å². The molecule has 47 heavy (non-hydrogen) atoms. The van der Waals surface area contributed by atoms with Gasteiger partial charge in [0.2, 0.25) is 5.78 Å². The van der Waals surface area contributed by atoms with Crippen LogP contribution in [0, 0.1) is 30.6 Å². The highest BCUT2D eigenvalue weighted by molar-refractivity contribution is 7.91. The van der Waals surface area contributed by atoms with Crippen LogP contribution in [0.2, 0.25) is 0 Å². The first-order valence-electron chi connectivity index (χ1n) is 14.9. The maximum atomic E-state index is 14.1. The second-order valence-corrected chi connectivity index (χ2v) is 14.8. The van der Waals surface area contributed by atoms with E-state index in [1.165, 1.54) is 31.1 Å². The van der Waals surface area contributed by atoms with Crippen LogP contribution in [0.5, 0.6) is 5.75 Å². The number of aliphatic hydroxyl groups is 3. The molecule has 0 bridgehead atoms. The number of benzene rings is 2. The summed E-state index contributed by atoms with van der Waals surface area (Å²) in [6.45, 7) is 1.85. The molecule has 13 heteroatoms. The van der Waals surface area contributed by atoms with Gasteiger partial charge in [0, 0.05) is 37.7 Å². The Morgan fingerprint density at radius 1 is 1.09 bits per heavy atom. The van der Waals surface area contributed by atoms with E-state index in [2.05, 4.69) is 11.8 Å². The van der Waals surface area contributed by atoms with Gasteiger partial charge in [0.25, 0.3) is 5.91 Å². The van der Waals surface area contributed by atoms with Crippen molar-refractivity contribution < 1.29 is 43.2 Å². The minimum atomic E-state index is -3.61. The van der Waals surface area contributed by atoms with Crippen molar-refractivity contribution in [1.82, 2.24) is 4.90 Å². The van der Waals surface area contributed by atoms with Gasteiger partial charge in [-0.05, 0) is 63.5 Å². The summed E-state index contributed by atoms with van der Waals surface area (Å²) in [7, 11) is 2.96. The molecule has 0 radical (unpaired) electrons. The quantitative estimate of drug-likeness (QED) is 0.222. The van der Waals surface area contributed by atoms with Gasteiger partial charge in [0.15, 0.2) is 21.2 Å². The molecular weight excluding hydrogens is 626 g/mol. The number of hydrogen-bond acceptors (Lipinski definition) is 11. The number of ketones is 2. The zero-order chi connectivity index (χ0) is 34.7. The third kappa shape index (κ3) is 5.36. The number of nitrogens with zero attached hydrogens (tertiary/aromatic N) is 2. The molecule has 6 N–H and O–H groups in total. The summed E-state index contributed by atoms with van der Waals surface area (Å²) >= 11 is 0. The third-order valence-corrected chi connectivity index (χ3v) is 11.0. The number of sulfone groups is 1. The number of primary amides is 1. The highest BCUT2D eigenvalue weighted by Crippen LogP contribution is 2.54. The molecule has 4 unspecified atom stereocenters. The lowest BCUT2D eigenvalue weighted by Gasteiger charge is -2.50. The number of phenolic OH excluding ortho intramolecular Hbond substituents is 1. The number of fused-ring (bicyclic) bond motifs is 3. The standard InChI is InChI=1S/C34H37N3O9S/c1-17-9-11-20(12-10-17)47(45,46)13-7-6-8-18-16-23(36(2)3)21-14-19-15-22-27(37(4)5)30(40)26(33(35)43)32(42)34(22,44)31(41)24(19)29(39)25(21)28(18)38/h9-12,16,19,22,27,38-39,42,44H,7,13-15H2,1-5H3,(H2,35,43). The van der Waals surface area contributed by atoms with Gasteiger partial charge in [-0.15, -0.1) is 0 Å². The van der Waals surface area contributed by atoms with E-state index >= 15 is 0 Å². The topological polar surface area (TPSA) is 199 Å². The van der Waals surface area contributed by atoms with Crippen molar-refractivity contribution in [3.8, 4) is 17.6 Å². The van der Waals surface area contributed by atoms with Crippen molar-refractivity contribution in [1.29, 1.82) is 0 Å². The lowest BCUT2D eigenvalue weighted by Crippen LogP contribution is -2.65. The summed E-state index contributed by atoms with van der Waals surface area (Å²) in [5, 5.41) is 45.9. The van der Waals surface area contributed by atoms with Crippen LogP contribution in [0.15, 0.2) is 52.1 Å². The van der Waals surface area contributed by atoms with Crippen molar-refractivity contribution in [3.63, 3.8) is 0 Å². The van der Waals surface area contributed by atoms with E-state index in [1.807, 2.05) is 6.92 Å². The number of aromatic hydroxyl groups is 1. The number of aryl methyl sites for hydroxylation is 1. The minimum absolute atomic E-state index is 0.0313. The number of nitrogens with two attached hydrogens (primary N) is 1. The van der Waals surface area contributed by atoms with E-state index < -0.39 is 73.6 Å². The van der Waals surface area contributed by atoms with Crippen molar-refractivity contribution in [2.75, 3.05) is 38.8 Å². The molecule has 0 heterocycles. The average molecular weight is 664 g/mol. The molecule has 5 rings (SSSR count). The zero-order valence-corrected chi connectivity index (χ0v) is 27.5. The predicted octanol–water partition coefficient (Wildman–Crippen LogP) is 1.55. The molecule has 12 nitrogen and oxygen atoms in total. The number of carbonyl (C=O) groups is 3. The smallest absolute Gasteiger partial charge is 0.255 e. The van der Waals surface area contributed by atoms with Gasteiger partial charge in [0.1, 0.15) is 22.8 Å². The lowest BCUT2D eigenvalue weighted by molar-refractivity contribution is -0.153. The first-order valence-corrected chi connectivity index (χ1v) is 16.6. The fourth-order valence-electron chi connectivity index (χ4n) is 6.99. The molecule has 4 atom stereocenters. The van der Waals surface area contributed by atoms with Gasteiger partial charge < -0.3 is 31.1 Å². The molecule has 1 fully saturated rings. The highest BCUT2D eigenvalue weighted by atomic mass is 32.2. The Morgan fingerprint density at radius 3 is 2.30 bits per heavy atom. The van der Waals surface area contributed by atoms with Crippen LogP contribution in [-0.4, -0.2) is 96.8 Å². The van der Waals surface area contributed by atoms with E-state index in [9.17, 15) is 43.2 Å². The highest BCUT2D eigenvalue weighted by Gasteiger charge is 2.64. The minimum Gasteiger partial charge on any atom is -0.508 e. The number of hydrogen-bond donors (Lipinski definition) is 5. The number of anilines is 1. The van der Waals surface area contributed by atoms with Gasteiger partial charge >= 0.3 is 0 Å². The fraction of sp³-hybridized carbons (Fsp3) is 0.382. The van der Waals surface area contributed by atoms with E-state index in [4.69, 9.17) is 5.73 Å². The van der Waals surface area contributed by atoms with Crippen LogP contribution in [0.3, 0.4) is 0 Å². The SMILES string of the molecule is Cc1ccc(S(=O)(=O)CCC#Cc2cc(N(C)C)c3c(c2O)C(O)=C2C(=O)C4(O)C(O)=C(C(N)=O)C(=O)C(N(C)C)C4CC2C3)cc1. The molecule has 1 saturated carbocycles. The number of carbonyl (C=O) groups excluding carboxylic acids is 3. The summed E-state index contributed by atoms with van der Waals surface area (Å²) in [4.78, 5) is 43.0. The number of phenols is 1. The van der Waals surface area contributed by atoms with E-state index in [1.54, 1.807) is 37.2 Å². The van der Waals surface area contributed by atoms with Gasteiger partial charge in [0.05, 0.1) is 27.8 Å². The number of rotatable bonds is 6. The average Bonchev–Trinajstić information content (AvgIpc) is 2.97. The van der Waals surface area contributed by atoms with Crippen LogP contribution in [-0.2, 0) is 30.6 Å². The number of likely N-dealkylation sites (N-methyl/N-ethyl adjacent to an activating group) is 1. The molecule has 0 aromatic heterocycles. The monoisotopic (exact) mass is 663 g/mol. The molecule has 0 saturated heterocycles. The summed E-state index contributed by atoms with van der Waals surface area (Å²) < 4.78 is 25.5. The Morgan fingerprint density at radius 2 is 1.72 bits per heavy atom. The molecule has 248 valence electrons. The van der Waals surface area contributed by atoms with Gasteiger partial charge in [-0.3, -0.25) is 19.3 Å². The van der Waals surface area contributed by atoms with Gasteiger partial charge in [-0.1, -0.05) is 29.5 Å². The summed E-state index contributed by atoms with van der Waals surface area (Å²) in [5.74, 6) is -2.07. The lowest BCUT2D eigenvalue weighted by atomic mass is 9.57. The second kappa shape index (κ2) is 11.9. The Kier molecular flexibility index (Phi) is 8.51. The van der Waals surface area contributed by atoms with Crippen LogP contribution >= 0.6 is 0 Å². The molecule has 0 aliphatic heterocycles. The number of amides is 1. The fourth-order valence-corrected chi connectivity index (χ4v) is 8.15. The van der Waals surface area contributed by atoms with E-state index in [0.717, 1.165) is 5.56 Å². The first-order chi connectivity index (χ1) is 21.9. The van der Waals surface area contributed by atoms with Crippen molar-refractivity contribution in [2.24, 2.45) is 17.6 Å². The largest absolute Gasteiger partial charge is 0.508 e. The van der Waals surface area contributed by atoms with Crippen molar-refractivity contribution in [3.05, 3.63) is 69.5 Å². The maximum absolute atomic E-state index is 14.1. The van der Waals surface area contributed by atoms with Crippen molar-refractivity contribution >= 4 is 38.8 Å². The Bertz CT molecular complexity index is 1950. The maximum Gasteiger partial charge on any atom is 0.255 e. The molecule has 0 spiro atoms. The Labute approximate surface area is 272 Å². The second-order valence-electron chi connectivity index (χ2n) is 12.7. The van der Waals surface area contributed by atoms with E-state index in [-0.39, 0.29) is 46.6 Å². The summed E-state index contributed by atoms with van der Waals surface area (Å²) in [5.41, 5.74) is 3.44. The summed E-state index contributed by atoms with van der Waals surface area (Å²) in [6, 6.07) is 6.90. The molecular formula is C34H37N3O9S. The number of aliphatic hydroxyl groups excluding tert-OH is 2. The molecule has 1 amide bonds. The summed E-state index contributed by atoms with van der Waals surface area (Å²) in [6.07, 6.45) is 0.0418. The first kappa shape index (κ1) is 33.7. The number of Topliss-reactive ketones (excluding diaryl/α,β-unsaturated/α-hetero) is 2. The van der Waals surface area contributed by atoms with Crippen LogP contribution in [0.1, 0.15) is 35.1 Å². The molecule has 3 aliphatic carbocycles. The Hall–Kier alpha value is -4.64. The van der Waals surface area contributed by atoms with Gasteiger partial charge in [-0.25, -0.2) is 8.42 Å². The normalized spacial score (nSPS) is 23.9. The predicted molar refractivity (Wildman–Crippen MR) is 173 cm³/mol. The van der Waals surface area contributed by atoms with Crippen LogP contribution in [0.4, 0.5) is 5.69 Å². The van der Waals surface area contributed by atoms with Crippen molar-refractivity contribution in [2.45, 2.75) is 42.7 Å². The van der Waals surface area contributed by atoms with Crippen LogP contribution < -0.4 is 10.6 Å². The van der Waals surface area contributed by atoms with Crippen LogP contribution in [0.25, 0.3) is 5.76 Å².